The van der Waals surface area contributed by atoms with Crippen molar-refractivity contribution in [3.8, 4) is 0 Å². The molecule has 0 amide bonds. The van der Waals surface area contributed by atoms with E-state index < -0.39 is 17.2 Å². The summed E-state index contributed by atoms with van der Waals surface area (Å²) in [6, 6.07) is 7.04. The summed E-state index contributed by atoms with van der Waals surface area (Å²) in [5.41, 5.74) is -1.98. The highest BCUT2D eigenvalue weighted by Crippen LogP contribution is 2.50. The maximum atomic E-state index is 11.4. The fraction of sp³-hybridized carbons (Fsp3) is 0.417. The third kappa shape index (κ3) is 1.74. The Labute approximate surface area is 104 Å². The van der Waals surface area contributed by atoms with E-state index in [1.165, 1.54) is 16.3 Å². The number of carboxylic acid groups (broad SMARTS) is 1. The predicted molar refractivity (Wildman–Crippen MR) is 65.4 cm³/mol. The van der Waals surface area contributed by atoms with E-state index in [9.17, 15) is 15.0 Å². The highest BCUT2D eigenvalue weighted by Gasteiger charge is 2.55. The lowest BCUT2D eigenvalue weighted by atomic mass is 9.98. The molecule has 1 aromatic rings. The van der Waals surface area contributed by atoms with E-state index in [1.807, 2.05) is 32.9 Å². The van der Waals surface area contributed by atoms with Crippen LogP contribution >= 0.6 is 11.9 Å². The average Bonchev–Trinajstić information content (AvgIpc) is 2.54. The van der Waals surface area contributed by atoms with Gasteiger partial charge in [0.05, 0.1) is 0 Å². The molecule has 2 rings (SSSR count). The van der Waals surface area contributed by atoms with Crippen molar-refractivity contribution < 1.29 is 15.0 Å². The summed E-state index contributed by atoms with van der Waals surface area (Å²) < 4.78 is 1.52. The first-order chi connectivity index (χ1) is 7.78. The van der Waals surface area contributed by atoms with Crippen LogP contribution in [0.1, 0.15) is 26.3 Å². The van der Waals surface area contributed by atoms with Crippen LogP contribution in [0.25, 0.3) is 0 Å². The molecule has 1 aliphatic heterocycles. The monoisotopic (exact) mass is 253 g/mol. The van der Waals surface area contributed by atoms with Crippen LogP contribution in [0.3, 0.4) is 0 Å². The molecule has 5 heteroatoms. The number of nitrogens with zero attached hydrogens (tertiary/aromatic N) is 1. The Hall–Kier alpha value is -1.04. The number of hydrogen-bond acceptors (Lipinski definition) is 4. The van der Waals surface area contributed by atoms with Crippen molar-refractivity contribution in [1.29, 1.82) is 0 Å². The van der Waals surface area contributed by atoms with Crippen molar-refractivity contribution in [1.82, 2.24) is 4.31 Å². The highest BCUT2D eigenvalue weighted by atomic mass is 32.2. The highest BCUT2D eigenvalue weighted by molar-refractivity contribution is 7.97. The lowest BCUT2D eigenvalue weighted by Crippen LogP contribution is -2.53. The molecule has 1 aliphatic rings. The Balaban J connectivity index is 2.60. The van der Waals surface area contributed by atoms with Gasteiger partial charge in [0.15, 0.2) is 0 Å². The van der Waals surface area contributed by atoms with Gasteiger partial charge < -0.3 is 10.2 Å². The van der Waals surface area contributed by atoms with Crippen molar-refractivity contribution in [3.05, 3.63) is 29.8 Å². The van der Waals surface area contributed by atoms with Crippen LogP contribution < -0.4 is 0 Å². The van der Waals surface area contributed by atoms with Crippen LogP contribution in [0.2, 0.25) is 0 Å². The molecule has 0 fully saturated rings. The van der Waals surface area contributed by atoms with Crippen molar-refractivity contribution in [2.24, 2.45) is 0 Å². The second-order valence-electron chi connectivity index (χ2n) is 5.03. The Morgan fingerprint density at radius 1 is 1.35 bits per heavy atom. The van der Waals surface area contributed by atoms with Crippen LogP contribution in [-0.2, 0) is 10.5 Å². The molecule has 0 radical (unpaired) electrons. The van der Waals surface area contributed by atoms with Gasteiger partial charge in [0.2, 0.25) is 0 Å². The smallest absolute Gasteiger partial charge is 0.357 e. The van der Waals surface area contributed by atoms with Gasteiger partial charge in [0, 0.05) is 16.0 Å². The van der Waals surface area contributed by atoms with Gasteiger partial charge in [0.25, 0.3) is 5.72 Å². The van der Waals surface area contributed by atoms with Crippen LogP contribution in [0, 0.1) is 0 Å². The maximum absolute atomic E-state index is 11.4. The molecular weight excluding hydrogens is 238 g/mol. The molecular formula is C12H15NO3S. The number of carboxylic acids is 1. The fourth-order valence-electron chi connectivity index (χ4n) is 1.93. The van der Waals surface area contributed by atoms with Crippen molar-refractivity contribution in [3.63, 3.8) is 0 Å². The SMILES string of the molecule is CC(C)(C)N1Sc2ccccc2C1(O)C(=O)O. The third-order valence-electron chi connectivity index (χ3n) is 2.65. The normalized spacial score (nSPS) is 24.7. The van der Waals surface area contributed by atoms with Crippen molar-refractivity contribution in [2.75, 3.05) is 0 Å². The molecule has 0 bridgehead atoms. The number of hydrogen-bond donors (Lipinski definition) is 2. The second-order valence-corrected chi connectivity index (χ2v) is 6.02. The number of benzene rings is 1. The molecule has 1 heterocycles. The topological polar surface area (TPSA) is 60.8 Å². The molecule has 1 aromatic carbocycles. The number of fused-ring (bicyclic) bond motifs is 1. The minimum absolute atomic E-state index is 0.437. The van der Waals surface area contributed by atoms with Gasteiger partial charge >= 0.3 is 5.97 Å². The van der Waals surface area contributed by atoms with E-state index in [0.29, 0.717) is 5.56 Å². The Morgan fingerprint density at radius 2 is 1.94 bits per heavy atom. The summed E-state index contributed by atoms with van der Waals surface area (Å²) in [4.78, 5) is 12.2. The Morgan fingerprint density at radius 3 is 2.47 bits per heavy atom. The predicted octanol–water partition coefficient (Wildman–Crippen LogP) is 2.04. The quantitative estimate of drug-likeness (QED) is 0.750. The molecule has 0 saturated heterocycles. The Kier molecular flexibility index (Phi) is 2.72. The summed E-state index contributed by atoms with van der Waals surface area (Å²) in [6.45, 7) is 5.62. The summed E-state index contributed by atoms with van der Waals surface area (Å²) in [6.07, 6.45) is 0. The minimum atomic E-state index is -1.96. The zero-order chi connectivity index (χ0) is 12.8. The zero-order valence-electron chi connectivity index (χ0n) is 9.97. The van der Waals surface area contributed by atoms with Gasteiger partial charge in [-0.2, -0.15) is 4.31 Å². The fourth-order valence-corrected chi connectivity index (χ4v) is 3.16. The average molecular weight is 253 g/mol. The summed E-state index contributed by atoms with van der Waals surface area (Å²) in [7, 11) is 0. The standard InChI is InChI=1S/C12H15NO3S/c1-11(2,3)13-12(16,10(14)15)8-6-4-5-7-9(8)17-13/h4-7,16H,1-3H3,(H,14,15). The summed E-state index contributed by atoms with van der Waals surface area (Å²) in [5, 5.41) is 19.9. The summed E-state index contributed by atoms with van der Waals surface area (Å²) >= 11 is 1.28. The first-order valence-corrected chi connectivity index (χ1v) is 6.09. The molecule has 92 valence electrons. The van der Waals surface area contributed by atoms with Crippen molar-refractivity contribution in [2.45, 2.75) is 36.9 Å². The van der Waals surface area contributed by atoms with Gasteiger partial charge in [-0.05, 0) is 38.8 Å². The number of rotatable bonds is 1. The van der Waals surface area contributed by atoms with E-state index in [2.05, 4.69) is 0 Å². The molecule has 0 aliphatic carbocycles. The first kappa shape index (κ1) is 12.4. The van der Waals surface area contributed by atoms with Crippen molar-refractivity contribution >= 4 is 17.9 Å². The number of carbonyl (C=O) groups is 1. The van der Waals surface area contributed by atoms with E-state index in [-0.39, 0.29) is 0 Å². The second kappa shape index (κ2) is 3.73. The molecule has 17 heavy (non-hydrogen) atoms. The zero-order valence-corrected chi connectivity index (χ0v) is 10.8. The van der Waals surface area contributed by atoms with Gasteiger partial charge in [0.1, 0.15) is 0 Å². The third-order valence-corrected chi connectivity index (χ3v) is 4.20. The van der Waals surface area contributed by atoms with E-state index in [1.54, 1.807) is 12.1 Å². The van der Waals surface area contributed by atoms with Crippen LogP contribution in [-0.4, -0.2) is 26.0 Å². The number of aliphatic hydroxyl groups is 1. The molecule has 2 N–H and O–H groups in total. The largest absolute Gasteiger partial charge is 0.478 e. The van der Waals surface area contributed by atoms with Gasteiger partial charge in [-0.1, -0.05) is 18.2 Å². The molecule has 1 atom stereocenters. The lowest BCUT2D eigenvalue weighted by Gasteiger charge is -2.38. The van der Waals surface area contributed by atoms with E-state index in [0.717, 1.165) is 4.90 Å². The van der Waals surface area contributed by atoms with Gasteiger partial charge in [-0.3, -0.25) is 0 Å². The molecule has 0 spiro atoms. The van der Waals surface area contributed by atoms with Crippen LogP contribution in [0.5, 0.6) is 0 Å². The van der Waals surface area contributed by atoms with Crippen LogP contribution in [0.15, 0.2) is 29.2 Å². The summed E-state index contributed by atoms with van der Waals surface area (Å²) in [5.74, 6) is -1.25. The lowest BCUT2D eigenvalue weighted by molar-refractivity contribution is -0.179. The molecule has 1 unspecified atom stereocenters. The van der Waals surface area contributed by atoms with Crippen LogP contribution in [0.4, 0.5) is 0 Å². The first-order valence-electron chi connectivity index (χ1n) is 5.31. The minimum Gasteiger partial charge on any atom is -0.478 e. The molecule has 4 nitrogen and oxygen atoms in total. The van der Waals surface area contributed by atoms with Gasteiger partial charge in [-0.15, -0.1) is 0 Å². The van der Waals surface area contributed by atoms with E-state index >= 15 is 0 Å². The van der Waals surface area contributed by atoms with Gasteiger partial charge in [-0.25, -0.2) is 4.79 Å². The maximum Gasteiger partial charge on any atom is 0.357 e. The molecule has 0 saturated carbocycles. The Bertz CT molecular complexity index is 469. The number of aliphatic carboxylic acids is 1. The molecule has 0 aromatic heterocycles. The van der Waals surface area contributed by atoms with E-state index in [4.69, 9.17) is 0 Å².